The Bertz CT molecular complexity index is 1550. The molecular weight excluding hydrogens is 460 g/mol. The first-order chi connectivity index (χ1) is 16.9. The predicted molar refractivity (Wildman–Crippen MR) is 125 cm³/mol. The molecule has 2 aromatic heterocycles. The highest BCUT2D eigenvalue weighted by atomic mass is 19.1. The molecule has 11 heteroatoms. The quantitative estimate of drug-likeness (QED) is 0.391. The molecule has 2 aromatic carbocycles. The van der Waals surface area contributed by atoms with E-state index in [2.05, 4.69) is 15.3 Å². The molecule has 0 saturated carbocycles. The lowest BCUT2D eigenvalue weighted by Crippen LogP contribution is -2.38. The molecule has 0 fully saturated rings. The van der Waals surface area contributed by atoms with E-state index in [0.717, 1.165) is 24.4 Å². The van der Waals surface area contributed by atoms with Crippen molar-refractivity contribution >= 4 is 17.7 Å². The lowest BCUT2D eigenvalue weighted by Gasteiger charge is -2.11. The zero-order valence-electron chi connectivity index (χ0n) is 17.9. The van der Waals surface area contributed by atoms with Crippen LogP contribution >= 0.6 is 0 Å². The molecule has 9 nitrogen and oxygen atoms in total. The summed E-state index contributed by atoms with van der Waals surface area (Å²) in [6.07, 6.45) is 5.23. The maximum atomic E-state index is 14.7. The van der Waals surface area contributed by atoms with Crippen LogP contribution in [0.15, 0.2) is 82.8 Å². The van der Waals surface area contributed by atoms with Crippen LogP contribution in [0.25, 0.3) is 11.8 Å². The third-order valence-corrected chi connectivity index (χ3v) is 4.77. The van der Waals surface area contributed by atoms with E-state index in [1.807, 2.05) is 0 Å². The van der Waals surface area contributed by atoms with Crippen molar-refractivity contribution in [3.63, 3.8) is 0 Å². The first-order valence-electron chi connectivity index (χ1n) is 10.1. The van der Waals surface area contributed by atoms with Crippen molar-refractivity contribution in [3.05, 3.63) is 117 Å². The number of ether oxygens (including phenoxy) is 1. The van der Waals surface area contributed by atoms with E-state index < -0.39 is 34.4 Å². The molecule has 0 bridgehead atoms. The third-order valence-electron chi connectivity index (χ3n) is 4.77. The normalized spacial score (nSPS) is 10.9. The maximum Gasteiger partial charge on any atom is 0.333 e. The van der Waals surface area contributed by atoms with E-state index >= 15 is 0 Å². The Kier molecular flexibility index (Phi) is 6.49. The van der Waals surface area contributed by atoms with Crippen LogP contribution in [0, 0.1) is 11.6 Å². The summed E-state index contributed by atoms with van der Waals surface area (Å²) in [7, 11) is 0. The lowest BCUT2D eigenvalue weighted by molar-refractivity contribution is 0.102. The number of nitrogens with zero attached hydrogens (tertiary/aromatic N) is 2. The molecule has 0 aliphatic heterocycles. The highest BCUT2D eigenvalue weighted by Crippen LogP contribution is 2.28. The number of hydrogen-bond donors (Lipinski definition) is 3. The average Bonchev–Trinajstić information content (AvgIpc) is 2.83. The Hall–Kier alpha value is -5.06. The van der Waals surface area contributed by atoms with Gasteiger partial charge in [-0.1, -0.05) is 0 Å². The van der Waals surface area contributed by atoms with E-state index in [-0.39, 0.29) is 22.9 Å². The van der Waals surface area contributed by atoms with E-state index in [4.69, 9.17) is 10.5 Å². The molecular formula is C24H17F2N5O4. The van der Waals surface area contributed by atoms with Crippen LogP contribution in [0.4, 0.5) is 14.5 Å². The van der Waals surface area contributed by atoms with E-state index in [0.29, 0.717) is 10.3 Å². The summed E-state index contributed by atoms with van der Waals surface area (Å²) in [6, 6.07) is 11.4. The fourth-order valence-corrected chi connectivity index (χ4v) is 3.14. The Morgan fingerprint density at radius 3 is 2.57 bits per heavy atom. The van der Waals surface area contributed by atoms with Gasteiger partial charge in [0.15, 0.2) is 17.3 Å². The molecule has 0 radical (unpaired) electrons. The standard InChI is InChI=1S/C24H17F2N5O4/c25-14-3-6-16(7-4-14)31-23(33)17(13-29-24(31)34)22(32)30-15-5-8-20(18(26)12-15)35-21-2-1-11-28-19(21)9-10-27/h1-13H,27H2,(H,29,34)(H,30,32). The van der Waals surface area contributed by atoms with Gasteiger partial charge in [0.25, 0.3) is 11.5 Å². The number of amides is 1. The summed E-state index contributed by atoms with van der Waals surface area (Å²) in [5.41, 5.74) is 3.72. The first-order valence-corrected chi connectivity index (χ1v) is 10.1. The van der Waals surface area contributed by atoms with Gasteiger partial charge in [0.1, 0.15) is 17.1 Å². The molecule has 0 spiro atoms. The number of rotatable bonds is 6. The predicted octanol–water partition coefficient (Wildman–Crippen LogP) is 3.17. The summed E-state index contributed by atoms with van der Waals surface area (Å²) >= 11 is 0. The van der Waals surface area contributed by atoms with Gasteiger partial charge in [-0.05, 0) is 60.8 Å². The molecule has 4 aromatic rings. The zero-order chi connectivity index (χ0) is 24.9. The Labute approximate surface area is 196 Å². The molecule has 0 aliphatic rings. The van der Waals surface area contributed by atoms with Crippen LogP contribution in [0.5, 0.6) is 11.5 Å². The molecule has 176 valence electrons. The monoisotopic (exact) mass is 477 g/mol. The summed E-state index contributed by atoms with van der Waals surface area (Å²) in [4.78, 5) is 44.0. The Balaban J connectivity index is 1.58. The van der Waals surface area contributed by atoms with Crippen molar-refractivity contribution in [1.82, 2.24) is 14.5 Å². The number of aromatic amines is 1. The number of nitrogens with two attached hydrogens (primary N) is 1. The van der Waals surface area contributed by atoms with Crippen LogP contribution in [0.3, 0.4) is 0 Å². The van der Waals surface area contributed by atoms with Crippen molar-refractivity contribution < 1.29 is 18.3 Å². The van der Waals surface area contributed by atoms with Crippen molar-refractivity contribution in [2.24, 2.45) is 5.73 Å². The third kappa shape index (κ3) is 4.98. The number of pyridine rings is 1. The number of benzene rings is 2. The molecule has 2 heterocycles. The molecule has 35 heavy (non-hydrogen) atoms. The number of carbonyl (C=O) groups is 1. The number of carbonyl (C=O) groups excluding carboxylic acids is 1. The average molecular weight is 477 g/mol. The fraction of sp³-hybridized carbons (Fsp3) is 0. The second-order valence-corrected chi connectivity index (χ2v) is 7.07. The Morgan fingerprint density at radius 1 is 1.09 bits per heavy atom. The number of H-pyrrole nitrogens is 1. The molecule has 0 aliphatic carbocycles. The molecule has 4 N–H and O–H groups in total. The first kappa shape index (κ1) is 23.1. The van der Waals surface area contributed by atoms with Gasteiger partial charge in [0.2, 0.25) is 0 Å². The van der Waals surface area contributed by atoms with Gasteiger partial charge in [-0.3, -0.25) is 14.6 Å². The second-order valence-electron chi connectivity index (χ2n) is 7.07. The molecule has 0 saturated heterocycles. The van der Waals surface area contributed by atoms with Crippen molar-refractivity contribution in [1.29, 1.82) is 0 Å². The number of nitrogens with one attached hydrogen (secondary N) is 2. The Morgan fingerprint density at radius 2 is 1.86 bits per heavy atom. The SMILES string of the molecule is NC=Cc1ncccc1Oc1ccc(NC(=O)c2c[nH]c(=O)n(-c3ccc(F)cc3)c2=O)cc1F. The topological polar surface area (TPSA) is 132 Å². The van der Waals surface area contributed by atoms with Crippen molar-refractivity contribution in [2.75, 3.05) is 5.32 Å². The number of halogens is 2. The van der Waals surface area contributed by atoms with Gasteiger partial charge in [-0.2, -0.15) is 0 Å². The highest BCUT2D eigenvalue weighted by Gasteiger charge is 2.17. The largest absolute Gasteiger partial charge is 0.452 e. The summed E-state index contributed by atoms with van der Waals surface area (Å²) < 4.78 is 34.1. The van der Waals surface area contributed by atoms with Gasteiger partial charge < -0.3 is 20.8 Å². The number of hydrogen-bond acceptors (Lipinski definition) is 6. The summed E-state index contributed by atoms with van der Waals surface area (Å²) in [6.45, 7) is 0. The molecule has 0 atom stereocenters. The second kappa shape index (κ2) is 9.83. The maximum absolute atomic E-state index is 14.7. The lowest BCUT2D eigenvalue weighted by atomic mass is 10.2. The molecule has 1 amide bonds. The highest BCUT2D eigenvalue weighted by molar-refractivity contribution is 6.03. The van der Waals surface area contributed by atoms with Crippen molar-refractivity contribution in [2.45, 2.75) is 0 Å². The molecule has 0 unspecified atom stereocenters. The van der Waals surface area contributed by atoms with Crippen LogP contribution < -0.4 is 27.0 Å². The van der Waals surface area contributed by atoms with Gasteiger partial charge in [-0.25, -0.2) is 18.1 Å². The van der Waals surface area contributed by atoms with Crippen LogP contribution in [0.2, 0.25) is 0 Å². The van der Waals surface area contributed by atoms with Crippen LogP contribution in [-0.2, 0) is 0 Å². The van der Waals surface area contributed by atoms with Gasteiger partial charge in [0, 0.05) is 24.1 Å². The van der Waals surface area contributed by atoms with Gasteiger partial charge >= 0.3 is 5.69 Å². The van der Waals surface area contributed by atoms with E-state index in [1.165, 1.54) is 42.7 Å². The van der Waals surface area contributed by atoms with Gasteiger partial charge in [0.05, 0.1) is 5.69 Å². The summed E-state index contributed by atoms with van der Waals surface area (Å²) in [5, 5.41) is 2.40. The number of aromatic nitrogens is 3. The zero-order valence-corrected chi connectivity index (χ0v) is 17.9. The van der Waals surface area contributed by atoms with Crippen LogP contribution in [0.1, 0.15) is 16.1 Å². The fourth-order valence-electron chi connectivity index (χ4n) is 3.14. The van der Waals surface area contributed by atoms with Crippen molar-refractivity contribution in [3.8, 4) is 17.2 Å². The van der Waals surface area contributed by atoms with Crippen LogP contribution in [-0.4, -0.2) is 20.4 Å². The van der Waals surface area contributed by atoms with Gasteiger partial charge in [-0.15, -0.1) is 0 Å². The van der Waals surface area contributed by atoms with E-state index in [9.17, 15) is 23.2 Å². The number of anilines is 1. The van der Waals surface area contributed by atoms with E-state index in [1.54, 1.807) is 12.1 Å². The smallest absolute Gasteiger partial charge is 0.333 e. The molecule has 4 rings (SSSR count). The minimum absolute atomic E-state index is 0.0343. The minimum Gasteiger partial charge on any atom is -0.452 e. The summed E-state index contributed by atoms with van der Waals surface area (Å²) in [5.74, 6) is -2.11. The minimum atomic E-state index is -0.935.